The third kappa shape index (κ3) is 2.72. The second kappa shape index (κ2) is 6.31. The van der Waals surface area contributed by atoms with Gasteiger partial charge in [0.25, 0.3) is 0 Å². The fourth-order valence-corrected chi connectivity index (χ4v) is 3.72. The second-order valence-electron chi connectivity index (χ2n) is 6.13. The quantitative estimate of drug-likeness (QED) is 0.411. The number of nitrogens with two attached hydrogens (primary N) is 1. The van der Waals surface area contributed by atoms with Crippen LogP contribution in [0.2, 0.25) is 0 Å². The molecule has 0 bridgehead atoms. The Morgan fingerprint density at radius 3 is 2.56 bits per heavy atom. The van der Waals surface area contributed by atoms with E-state index in [9.17, 15) is 0 Å². The monoisotopic (exact) mass is 467 g/mol. The van der Waals surface area contributed by atoms with Crippen molar-refractivity contribution in [2.45, 2.75) is 6.42 Å². The zero-order valence-electron chi connectivity index (χ0n) is 14.1. The van der Waals surface area contributed by atoms with Gasteiger partial charge in [-0.05, 0) is 24.3 Å². The highest BCUT2D eigenvalue weighted by molar-refractivity contribution is 14.1. The van der Waals surface area contributed by atoms with Gasteiger partial charge in [0.1, 0.15) is 17.5 Å². The summed E-state index contributed by atoms with van der Waals surface area (Å²) in [5.41, 5.74) is 9.85. The lowest BCUT2D eigenvalue weighted by molar-refractivity contribution is 0.876. The van der Waals surface area contributed by atoms with Crippen molar-refractivity contribution in [1.29, 1.82) is 0 Å². The van der Waals surface area contributed by atoms with Gasteiger partial charge in [-0.1, -0.05) is 30.3 Å². The van der Waals surface area contributed by atoms with Crippen molar-refractivity contribution in [3.63, 3.8) is 0 Å². The molecule has 0 saturated carbocycles. The molecule has 3 aromatic heterocycles. The summed E-state index contributed by atoms with van der Waals surface area (Å²) in [7, 11) is 0. The summed E-state index contributed by atoms with van der Waals surface area (Å²) in [5.74, 6) is 1.91. The van der Waals surface area contributed by atoms with Gasteiger partial charge in [-0.2, -0.15) is 7.99 Å². The van der Waals surface area contributed by atoms with Gasteiger partial charge in [0.15, 0.2) is 5.65 Å². The molecule has 0 radical (unpaired) electrons. The van der Waals surface area contributed by atoms with Gasteiger partial charge in [-0.25, -0.2) is 15.0 Å². The topological polar surface area (TPSA) is 87.4 Å². The predicted octanol–water partition coefficient (Wildman–Crippen LogP) is 3.54. The van der Waals surface area contributed by atoms with E-state index in [-0.39, 0.29) is 0 Å². The van der Waals surface area contributed by atoms with Crippen LogP contribution in [0.3, 0.4) is 0 Å². The van der Waals surface area contributed by atoms with Crippen molar-refractivity contribution in [2.75, 3.05) is 5.73 Å². The van der Waals surface area contributed by atoms with Crippen LogP contribution in [0.15, 0.2) is 60.8 Å². The number of hydrogen-bond acceptors (Lipinski definition) is 5. The fourth-order valence-electron chi connectivity index (χ4n) is 3.23. The van der Waals surface area contributed by atoms with Gasteiger partial charge in [0.05, 0.1) is 51.9 Å². The Morgan fingerprint density at radius 1 is 0.926 bits per heavy atom. The maximum absolute atomic E-state index is 6.11. The molecule has 0 fully saturated rings. The lowest BCUT2D eigenvalue weighted by Crippen LogP contribution is -2.07. The van der Waals surface area contributed by atoms with E-state index in [1.165, 1.54) is 0 Å². The van der Waals surface area contributed by atoms with Crippen LogP contribution >= 0.6 is 22.9 Å². The lowest BCUT2D eigenvalue weighted by Gasteiger charge is -2.09. The van der Waals surface area contributed by atoms with Crippen LogP contribution in [0, 0.1) is 0 Å². The minimum absolute atomic E-state index is 0.431. The number of rotatable bonds is 3. The summed E-state index contributed by atoms with van der Waals surface area (Å²) in [6.07, 6.45) is 2.14. The average molecular weight is 467 g/mol. The smallest absolute Gasteiger partial charge is 0.173 e. The first-order valence-electron chi connectivity index (χ1n) is 8.39. The highest BCUT2D eigenvalue weighted by Gasteiger charge is 2.16. The molecule has 2 aromatic carbocycles. The summed E-state index contributed by atoms with van der Waals surface area (Å²) in [4.78, 5) is 13.9. The Morgan fingerprint density at radius 2 is 1.70 bits per heavy atom. The van der Waals surface area contributed by atoms with E-state index >= 15 is 0 Å². The molecule has 8 heteroatoms. The first-order valence-corrected chi connectivity index (χ1v) is 9.35. The zero-order valence-corrected chi connectivity index (χ0v) is 16.3. The predicted molar refractivity (Wildman–Crippen MR) is 113 cm³/mol. The van der Waals surface area contributed by atoms with Crippen molar-refractivity contribution in [3.8, 4) is 5.69 Å². The first kappa shape index (κ1) is 16.2. The molecule has 0 aliphatic rings. The molecule has 5 rings (SSSR count). The molecule has 0 aliphatic heterocycles. The molecule has 132 valence electrons. The van der Waals surface area contributed by atoms with Crippen molar-refractivity contribution >= 4 is 50.7 Å². The molecule has 0 amide bonds. The third-order valence-electron chi connectivity index (χ3n) is 4.43. The molecule has 0 spiro atoms. The number of anilines is 1. The molecule has 2 N–H and O–H groups in total. The molecule has 0 unspecified atom stereocenters. The van der Waals surface area contributed by atoms with Crippen LogP contribution in [0.25, 0.3) is 27.8 Å². The number of halogens is 1. The minimum Gasteiger partial charge on any atom is -0.383 e. The summed E-state index contributed by atoms with van der Waals surface area (Å²) < 4.78 is 3.81. The Hall–Kier alpha value is -3.01. The average Bonchev–Trinajstić information content (AvgIpc) is 3.23. The van der Waals surface area contributed by atoms with Crippen LogP contribution in [-0.2, 0) is 6.42 Å². The summed E-state index contributed by atoms with van der Waals surface area (Å²) in [6, 6.07) is 18.2. The first-order chi connectivity index (χ1) is 13.2. The van der Waals surface area contributed by atoms with Crippen molar-refractivity contribution in [2.24, 2.45) is 0 Å². The van der Waals surface area contributed by atoms with Crippen molar-refractivity contribution in [1.82, 2.24) is 27.5 Å². The summed E-state index contributed by atoms with van der Waals surface area (Å²) in [5, 5.41) is 4.96. The second-order valence-corrected chi connectivity index (χ2v) is 7.05. The van der Waals surface area contributed by atoms with E-state index in [4.69, 9.17) is 10.7 Å². The maximum Gasteiger partial charge on any atom is 0.173 e. The number of benzene rings is 2. The Bertz CT molecular complexity index is 1270. The highest BCUT2D eigenvalue weighted by atomic mass is 127. The number of nitrogen functional groups attached to an aromatic ring is 1. The molecule has 5 aromatic rings. The molecule has 27 heavy (non-hydrogen) atoms. The summed E-state index contributed by atoms with van der Waals surface area (Å²) in [6.45, 7) is 0. The van der Waals surface area contributed by atoms with Crippen LogP contribution < -0.4 is 5.73 Å². The van der Waals surface area contributed by atoms with Crippen LogP contribution in [0.5, 0.6) is 0 Å². The number of fused-ring (bicyclic) bond motifs is 2. The van der Waals surface area contributed by atoms with Gasteiger partial charge in [-0.15, -0.1) is 0 Å². The standard InChI is InChI=1S/C19H14IN7/c20-27-19-13(11-22-27)18(21)24-16(25-19)10-17-23-14-8-4-5-9-15(14)26(17)12-6-2-1-3-7-12/h1-9,11H,10H2,(H2,21,24,25). The number of nitrogens with zero attached hydrogens (tertiary/aromatic N) is 6. The normalized spacial score (nSPS) is 11.4. The van der Waals surface area contributed by atoms with E-state index in [2.05, 4.69) is 60.7 Å². The van der Waals surface area contributed by atoms with Crippen LogP contribution in [0.1, 0.15) is 11.6 Å². The van der Waals surface area contributed by atoms with Crippen LogP contribution in [0.4, 0.5) is 5.82 Å². The molecule has 0 saturated heterocycles. The molecular formula is C19H14IN7. The van der Waals surface area contributed by atoms with Crippen molar-refractivity contribution in [3.05, 3.63) is 72.4 Å². The van der Waals surface area contributed by atoms with Gasteiger partial charge in [-0.3, -0.25) is 4.57 Å². The van der Waals surface area contributed by atoms with E-state index in [0.717, 1.165) is 27.9 Å². The maximum atomic E-state index is 6.11. The van der Waals surface area contributed by atoms with E-state index < -0.39 is 0 Å². The number of aromatic nitrogens is 6. The van der Waals surface area contributed by atoms with E-state index in [1.54, 1.807) is 9.09 Å². The number of hydrogen-bond donors (Lipinski definition) is 1. The lowest BCUT2D eigenvalue weighted by atomic mass is 10.2. The largest absolute Gasteiger partial charge is 0.383 e. The number of para-hydroxylation sites is 3. The SMILES string of the molecule is Nc1nc(Cc2nc3ccccc3n2-c2ccccc2)nc2c1cnn2I. The fraction of sp³-hybridized carbons (Fsp3) is 0.0526. The third-order valence-corrected chi connectivity index (χ3v) is 5.13. The van der Waals surface area contributed by atoms with Crippen LogP contribution in [-0.4, -0.2) is 27.5 Å². The molecule has 7 nitrogen and oxygen atoms in total. The van der Waals surface area contributed by atoms with E-state index in [1.807, 2.05) is 36.4 Å². The highest BCUT2D eigenvalue weighted by Crippen LogP contribution is 2.24. The zero-order chi connectivity index (χ0) is 18.4. The molecular weight excluding hydrogens is 453 g/mol. The number of imidazole rings is 1. The van der Waals surface area contributed by atoms with E-state index in [0.29, 0.717) is 23.7 Å². The summed E-state index contributed by atoms with van der Waals surface area (Å²) >= 11 is 2.08. The molecule has 0 atom stereocenters. The van der Waals surface area contributed by atoms with Gasteiger partial charge < -0.3 is 5.73 Å². The molecule has 0 aliphatic carbocycles. The minimum atomic E-state index is 0.431. The Labute approximate surface area is 168 Å². The Kier molecular flexibility index (Phi) is 3.78. The van der Waals surface area contributed by atoms with Crippen molar-refractivity contribution < 1.29 is 0 Å². The Balaban J connectivity index is 1.69. The van der Waals surface area contributed by atoms with Gasteiger partial charge >= 0.3 is 0 Å². The van der Waals surface area contributed by atoms with Gasteiger partial charge in [0, 0.05) is 5.69 Å². The molecule has 3 heterocycles. The van der Waals surface area contributed by atoms with Gasteiger partial charge in [0.2, 0.25) is 0 Å².